The average molecular weight is 345 g/mol. The zero-order valence-corrected chi connectivity index (χ0v) is 12.6. The molecule has 1 aliphatic heterocycles. The maximum Gasteiger partial charge on any atom is 0.419 e. The molecule has 8 heteroatoms. The molecule has 0 unspecified atom stereocenters. The average Bonchev–Trinajstić information content (AvgIpc) is 2.44. The summed E-state index contributed by atoms with van der Waals surface area (Å²) < 4.78 is 65.8. The van der Waals surface area contributed by atoms with Crippen molar-refractivity contribution in [3.63, 3.8) is 0 Å². The number of benzene rings is 1. The Kier molecular flexibility index (Phi) is 7.02. The minimum atomic E-state index is -4.79. The fourth-order valence-electron chi connectivity index (χ4n) is 2.75. The standard InChI is InChI=1S/C14H17F5N2.ClH/c15-5-4-12(21-8-6-20-7-9-21)10-2-1-3-11(16)13(10)14(17,18)19;/h1-3,12,20H,4-9H2;1H/t12-;/m0./s1. The van der Waals surface area contributed by atoms with Gasteiger partial charge in [-0.15, -0.1) is 12.4 Å². The zero-order valence-electron chi connectivity index (χ0n) is 11.8. The van der Waals surface area contributed by atoms with Crippen molar-refractivity contribution in [2.75, 3.05) is 32.9 Å². The molecule has 0 spiro atoms. The van der Waals surface area contributed by atoms with Crippen molar-refractivity contribution in [3.05, 3.63) is 35.1 Å². The molecule has 0 saturated carbocycles. The molecule has 1 saturated heterocycles. The number of alkyl halides is 4. The van der Waals surface area contributed by atoms with Crippen LogP contribution in [0.3, 0.4) is 0 Å². The smallest absolute Gasteiger partial charge is 0.314 e. The van der Waals surface area contributed by atoms with Crippen LogP contribution in [0.4, 0.5) is 22.0 Å². The van der Waals surface area contributed by atoms with Gasteiger partial charge in [0.1, 0.15) is 5.82 Å². The minimum absolute atomic E-state index is 0. The summed E-state index contributed by atoms with van der Waals surface area (Å²) in [6.07, 6.45) is -4.87. The fraction of sp³-hybridized carbons (Fsp3) is 0.571. The van der Waals surface area contributed by atoms with Gasteiger partial charge in [-0.2, -0.15) is 13.2 Å². The second-order valence-electron chi connectivity index (χ2n) is 4.98. The second-order valence-corrected chi connectivity index (χ2v) is 4.98. The van der Waals surface area contributed by atoms with Crippen molar-refractivity contribution in [1.82, 2.24) is 10.2 Å². The largest absolute Gasteiger partial charge is 0.419 e. The maximum absolute atomic E-state index is 13.7. The van der Waals surface area contributed by atoms with E-state index in [9.17, 15) is 22.0 Å². The van der Waals surface area contributed by atoms with E-state index < -0.39 is 30.3 Å². The summed E-state index contributed by atoms with van der Waals surface area (Å²) in [6.45, 7) is 1.53. The quantitative estimate of drug-likeness (QED) is 0.840. The van der Waals surface area contributed by atoms with Crippen LogP contribution in [-0.2, 0) is 6.18 Å². The SMILES string of the molecule is Cl.FCC[C@@H](c1cccc(F)c1C(F)(F)F)N1CCNCC1. The van der Waals surface area contributed by atoms with Gasteiger partial charge < -0.3 is 5.32 Å². The summed E-state index contributed by atoms with van der Waals surface area (Å²) in [5.74, 6) is -1.31. The number of rotatable bonds is 4. The first-order valence-corrected chi connectivity index (χ1v) is 6.81. The number of hydrogen-bond donors (Lipinski definition) is 1. The third kappa shape index (κ3) is 4.30. The highest BCUT2D eigenvalue weighted by Crippen LogP contribution is 2.39. The summed E-state index contributed by atoms with van der Waals surface area (Å²) in [5.41, 5.74) is -1.45. The van der Waals surface area contributed by atoms with E-state index in [1.165, 1.54) is 12.1 Å². The third-order valence-corrected chi connectivity index (χ3v) is 3.66. The highest BCUT2D eigenvalue weighted by Gasteiger charge is 2.39. The van der Waals surface area contributed by atoms with Crippen molar-refractivity contribution in [3.8, 4) is 0 Å². The van der Waals surface area contributed by atoms with Crippen LogP contribution in [0.25, 0.3) is 0 Å². The zero-order chi connectivity index (χ0) is 15.5. The molecule has 1 aromatic carbocycles. The monoisotopic (exact) mass is 344 g/mol. The summed E-state index contributed by atoms with van der Waals surface area (Å²) in [6, 6.07) is 2.52. The van der Waals surface area contributed by atoms with Crippen LogP contribution in [0, 0.1) is 5.82 Å². The first kappa shape index (κ1) is 19.1. The Labute approximate surface area is 132 Å². The molecule has 1 heterocycles. The molecule has 1 N–H and O–H groups in total. The molecule has 126 valence electrons. The number of hydrogen-bond acceptors (Lipinski definition) is 2. The number of nitrogens with zero attached hydrogens (tertiary/aromatic N) is 1. The molecule has 2 nitrogen and oxygen atoms in total. The van der Waals surface area contributed by atoms with Gasteiger partial charge >= 0.3 is 6.18 Å². The second kappa shape index (κ2) is 8.08. The lowest BCUT2D eigenvalue weighted by molar-refractivity contribution is -0.141. The summed E-state index contributed by atoms with van der Waals surface area (Å²) in [4.78, 5) is 1.78. The predicted octanol–water partition coefficient (Wildman–Crippen LogP) is 3.57. The van der Waals surface area contributed by atoms with E-state index in [0.717, 1.165) is 6.07 Å². The lowest BCUT2D eigenvalue weighted by atomic mass is 9.95. The Morgan fingerprint density at radius 2 is 1.82 bits per heavy atom. The fourth-order valence-corrected chi connectivity index (χ4v) is 2.75. The van der Waals surface area contributed by atoms with E-state index in [2.05, 4.69) is 5.32 Å². The van der Waals surface area contributed by atoms with E-state index >= 15 is 0 Å². The lowest BCUT2D eigenvalue weighted by Gasteiger charge is -2.36. The van der Waals surface area contributed by atoms with Crippen LogP contribution in [-0.4, -0.2) is 37.8 Å². The van der Waals surface area contributed by atoms with Crippen molar-refractivity contribution in [2.24, 2.45) is 0 Å². The van der Waals surface area contributed by atoms with Gasteiger partial charge in [0, 0.05) is 32.2 Å². The van der Waals surface area contributed by atoms with E-state index in [0.29, 0.717) is 26.2 Å². The molecule has 1 fully saturated rings. The Bertz CT molecular complexity index is 475. The van der Waals surface area contributed by atoms with Crippen LogP contribution in [0.5, 0.6) is 0 Å². The van der Waals surface area contributed by atoms with Gasteiger partial charge in [-0.1, -0.05) is 12.1 Å². The number of piperazine rings is 1. The van der Waals surface area contributed by atoms with Gasteiger partial charge in [-0.25, -0.2) is 4.39 Å². The van der Waals surface area contributed by atoms with E-state index in [1.54, 1.807) is 4.90 Å². The van der Waals surface area contributed by atoms with Crippen molar-refractivity contribution >= 4 is 12.4 Å². The van der Waals surface area contributed by atoms with Crippen LogP contribution >= 0.6 is 12.4 Å². The first-order chi connectivity index (χ1) is 9.95. The Morgan fingerprint density at radius 3 is 2.36 bits per heavy atom. The maximum atomic E-state index is 13.7. The molecule has 0 aromatic heterocycles. The molecule has 22 heavy (non-hydrogen) atoms. The van der Waals surface area contributed by atoms with Crippen LogP contribution in [0.2, 0.25) is 0 Å². The third-order valence-electron chi connectivity index (χ3n) is 3.66. The Morgan fingerprint density at radius 1 is 1.18 bits per heavy atom. The van der Waals surface area contributed by atoms with Gasteiger partial charge in [0.05, 0.1) is 12.2 Å². The molecule has 1 atom stereocenters. The predicted molar refractivity (Wildman–Crippen MR) is 76.4 cm³/mol. The van der Waals surface area contributed by atoms with Crippen molar-refractivity contribution in [1.29, 1.82) is 0 Å². The van der Waals surface area contributed by atoms with Crippen LogP contribution < -0.4 is 5.32 Å². The van der Waals surface area contributed by atoms with Gasteiger partial charge in [0.25, 0.3) is 0 Å². The molecule has 2 rings (SSSR count). The molecule has 1 aromatic rings. The molecule has 0 amide bonds. The highest BCUT2D eigenvalue weighted by molar-refractivity contribution is 5.85. The number of nitrogens with one attached hydrogen (secondary N) is 1. The van der Waals surface area contributed by atoms with Gasteiger partial charge in [0.2, 0.25) is 0 Å². The molecule has 0 aliphatic carbocycles. The van der Waals surface area contributed by atoms with Gasteiger partial charge in [0.15, 0.2) is 0 Å². The van der Waals surface area contributed by atoms with E-state index in [1.807, 2.05) is 0 Å². The van der Waals surface area contributed by atoms with Crippen LogP contribution in [0.1, 0.15) is 23.6 Å². The molecule has 0 radical (unpaired) electrons. The topological polar surface area (TPSA) is 15.3 Å². The van der Waals surface area contributed by atoms with Gasteiger partial charge in [-0.05, 0) is 18.1 Å². The molecule has 1 aliphatic rings. The lowest BCUT2D eigenvalue weighted by Crippen LogP contribution is -2.45. The molecular weight excluding hydrogens is 327 g/mol. The summed E-state index contributed by atoms with van der Waals surface area (Å²) >= 11 is 0. The van der Waals surface area contributed by atoms with Gasteiger partial charge in [-0.3, -0.25) is 9.29 Å². The Hall–Kier alpha value is -0.920. The summed E-state index contributed by atoms with van der Waals surface area (Å²) in [5, 5.41) is 3.09. The molecular formula is C14H18ClF5N2. The van der Waals surface area contributed by atoms with E-state index in [4.69, 9.17) is 0 Å². The van der Waals surface area contributed by atoms with Crippen molar-refractivity contribution < 1.29 is 22.0 Å². The van der Waals surface area contributed by atoms with Crippen molar-refractivity contribution in [2.45, 2.75) is 18.6 Å². The highest BCUT2D eigenvalue weighted by atomic mass is 35.5. The normalized spacial score (nSPS) is 17.9. The molecule has 0 bridgehead atoms. The minimum Gasteiger partial charge on any atom is -0.314 e. The Balaban J connectivity index is 0.00000242. The number of halogens is 6. The first-order valence-electron chi connectivity index (χ1n) is 6.81. The van der Waals surface area contributed by atoms with E-state index in [-0.39, 0.29) is 24.4 Å². The summed E-state index contributed by atoms with van der Waals surface area (Å²) in [7, 11) is 0. The van der Waals surface area contributed by atoms with Crippen LogP contribution in [0.15, 0.2) is 18.2 Å².